The standard InChI is InChI=1S/C16H21N3/c1-19-11-12(10-18-19)5-8-16(17)15-7-6-13-3-2-4-14(13)9-15/h6-7,9-11,16H,2-5,8,17H2,1H3. The van der Waals surface area contributed by atoms with Gasteiger partial charge in [-0.3, -0.25) is 4.68 Å². The third kappa shape index (κ3) is 2.71. The Labute approximate surface area is 114 Å². The van der Waals surface area contributed by atoms with Crippen LogP contribution in [0.25, 0.3) is 0 Å². The van der Waals surface area contributed by atoms with Crippen LogP contribution < -0.4 is 5.73 Å². The van der Waals surface area contributed by atoms with Gasteiger partial charge < -0.3 is 5.73 Å². The van der Waals surface area contributed by atoms with Crippen LogP contribution in [0.4, 0.5) is 0 Å². The van der Waals surface area contributed by atoms with Crippen molar-refractivity contribution in [2.75, 3.05) is 0 Å². The van der Waals surface area contributed by atoms with Crippen molar-refractivity contribution in [3.8, 4) is 0 Å². The van der Waals surface area contributed by atoms with Crippen molar-refractivity contribution in [1.82, 2.24) is 9.78 Å². The SMILES string of the molecule is Cn1cc(CCC(N)c2ccc3c(c2)CCC3)cn1. The quantitative estimate of drug-likeness (QED) is 0.912. The average Bonchev–Trinajstić information content (AvgIpc) is 3.03. The third-order valence-corrected chi connectivity index (χ3v) is 4.05. The number of rotatable bonds is 4. The maximum atomic E-state index is 6.32. The summed E-state index contributed by atoms with van der Waals surface area (Å²) >= 11 is 0. The molecule has 2 aromatic rings. The molecule has 1 aromatic heterocycles. The van der Waals surface area contributed by atoms with Crippen molar-refractivity contribution in [3.63, 3.8) is 0 Å². The predicted octanol–water partition coefficient (Wildman–Crippen LogP) is 2.54. The topological polar surface area (TPSA) is 43.8 Å². The van der Waals surface area contributed by atoms with Crippen molar-refractivity contribution in [2.24, 2.45) is 12.8 Å². The van der Waals surface area contributed by atoms with Crippen molar-refractivity contribution in [2.45, 2.75) is 38.1 Å². The van der Waals surface area contributed by atoms with Crippen LogP contribution in [-0.2, 0) is 26.3 Å². The summed E-state index contributed by atoms with van der Waals surface area (Å²) in [6, 6.07) is 6.92. The second-order valence-corrected chi connectivity index (χ2v) is 5.55. The Morgan fingerprint density at radius 2 is 2.16 bits per heavy atom. The number of aromatic nitrogens is 2. The average molecular weight is 255 g/mol. The second kappa shape index (κ2) is 5.17. The molecule has 3 rings (SSSR count). The summed E-state index contributed by atoms with van der Waals surface area (Å²) in [6.45, 7) is 0. The van der Waals surface area contributed by atoms with E-state index in [9.17, 15) is 0 Å². The Morgan fingerprint density at radius 3 is 2.95 bits per heavy atom. The number of hydrogen-bond acceptors (Lipinski definition) is 2. The number of nitrogens with zero attached hydrogens (tertiary/aromatic N) is 2. The lowest BCUT2D eigenvalue weighted by atomic mass is 9.97. The molecule has 0 amide bonds. The highest BCUT2D eigenvalue weighted by molar-refractivity contribution is 5.36. The molecule has 1 atom stereocenters. The van der Waals surface area contributed by atoms with E-state index in [0.29, 0.717) is 0 Å². The molecule has 1 aliphatic carbocycles. The second-order valence-electron chi connectivity index (χ2n) is 5.55. The van der Waals surface area contributed by atoms with Crippen molar-refractivity contribution in [1.29, 1.82) is 0 Å². The van der Waals surface area contributed by atoms with E-state index in [0.717, 1.165) is 12.8 Å². The monoisotopic (exact) mass is 255 g/mol. The Balaban J connectivity index is 1.65. The molecular weight excluding hydrogens is 234 g/mol. The molecule has 19 heavy (non-hydrogen) atoms. The highest BCUT2D eigenvalue weighted by atomic mass is 15.2. The van der Waals surface area contributed by atoms with Crippen LogP contribution >= 0.6 is 0 Å². The van der Waals surface area contributed by atoms with Crippen LogP contribution in [-0.4, -0.2) is 9.78 Å². The van der Waals surface area contributed by atoms with Gasteiger partial charge in [-0.2, -0.15) is 5.10 Å². The predicted molar refractivity (Wildman–Crippen MR) is 76.9 cm³/mol. The molecular formula is C16H21N3. The zero-order valence-corrected chi connectivity index (χ0v) is 11.5. The van der Waals surface area contributed by atoms with E-state index in [2.05, 4.69) is 29.5 Å². The van der Waals surface area contributed by atoms with E-state index in [1.54, 1.807) is 0 Å². The minimum atomic E-state index is 0.131. The summed E-state index contributed by atoms with van der Waals surface area (Å²) in [6.07, 6.45) is 9.71. The Bertz CT molecular complexity index is 571. The molecule has 100 valence electrons. The minimum absolute atomic E-state index is 0.131. The van der Waals surface area contributed by atoms with Gasteiger partial charge in [-0.25, -0.2) is 0 Å². The molecule has 0 radical (unpaired) electrons. The fraction of sp³-hybridized carbons (Fsp3) is 0.438. The van der Waals surface area contributed by atoms with E-state index >= 15 is 0 Å². The van der Waals surface area contributed by atoms with Gasteiger partial charge in [-0.05, 0) is 54.4 Å². The van der Waals surface area contributed by atoms with Gasteiger partial charge in [-0.1, -0.05) is 18.2 Å². The summed E-state index contributed by atoms with van der Waals surface area (Å²) in [4.78, 5) is 0. The fourth-order valence-corrected chi connectivity index (χ4v) is 2.91. The van der Waals surface area contributed by atoms with E-state index in [1.807, 2.05) is 17.9 Å². The third-order valence-electron chi connectivity index (χ3n) is 4.05. The van der Waals surface area contributed by atoms with Gasteiger partial charge in [0.05, 0.1) is 6.20 Å². The van der Waals surface area contributed by atoms with Crippen LogP contribution in [0.5, 0.6) is 0 Å². The first-order valence-electron chi connectivity index (χ1n) is 7.07. The lowest BCUT2D eigenvalue weighted by Gasteiger charge is -2.13. The number of hydrogen-bond donors (Lipinski definition) is 1. The number of nitrogens with two attached hydrogens (primary N) is 1. The van der Waals surface area contributed by atoms with Crippen LogP contribution in [0.1, 0.15) is 41.1 Å². The van der Waals surface area contributed by atoms with Gasteiger partial charge in [-0.15, -0.1) is 0 Å². The highest BCUT2D eigenvalue weighted by Gasteiger charge is 2.13. The first kappa shape index (κ1) is 12.4. The van der Waals surface area contributed by atoms with Crippen LogP contribution in [0.15, 0.2) is 30.6 Å². The van der Waals surface area contributed by atoms with Crippen molar-refractivity contribution >= 4 is 0 Å². The van der Waals surface area contributed by atoms with Crippen LogP contribution in [0.2, 0.25) is 0 Å². The molecule has 0 saturated heterocycles. The smallest absolute Gasteiger partial charge is 0.0521 e. The molecule has 0 fully saturated rings. The van der Waals surface area contributed by atoms with E-state index in [4.69, 9.17) is 5.73 Å². The Hall–Kier alpha value is -1.61. The molecule has 0 bridgehead atoms. The van der Waals surface area contributed by atoms with Gasteiger partial charge in [0.15, 0.2) is 0 Å². The fourth-order valence-electron chi connectivity index (χ4n) is 2.91. The summed E-state index contributed by atoms with van der Waals surface area (Å²) in [5, 5.41) is 4.19. The van der Waals surface area contributed by atoms with Crippen molar-refractivity contribution < 1.29 is 0 Å². The summed E-state index contributed by atoms with van der Waals surface area (Å²) in [5.41, 5.74) is 11.9. The van der Waals surface area contributed by atoms with Gasteiger partial charge in [0.1, 0.15) is 0 Å². The number of aryl methyl sites for hydroxylation is 4. The molecule has 1 aliphatic rings. The van der Waals surface area contributed by atoms with Gasteiger partial charge in [0.2, 0.25) is 0 Å². The first-order chi connectivity index (χ1) is 9.22. The molecule has 2 N–H and O–H groups in total. The first-order valence-corrected chi connectivity index (χ1v) is 7.07. The minimum Gasteiger partial charge on any atom is -0.324 e. The molecule has 0 saturated carbocycles. The highest BCUT2D eigenvalue weighted by Crippen LogP contribution is 2.26. The van der Waals surface area contributed by atoms with Crippen LogP contribution in [0, 0.1) is 0 Å². The Kier molecular flexibility index (Phi) is 3.38. The number of fused-ring (bicyclic) bond motifs is 1. The van der Waals surface area contributed by atoms with E-state index in [-0.39, 0.29) is 6.04 Å². The maximum absolute atomic E-state index is 6.32. The maximum Gasteiger partial charge on any atom is 0.0521 e. The van der Waals surface area contributed by atoms with Gasteiger partial charge >= 0.3 is 0 Å². The molecule has 3 nitrogen and oxygen atoms in total. The lowest BCUT2D eigenvalue weighted by Crippen LogP contribution is -2.11. The molecule has 0 aliphatic heterocycles. The normalized spacial score (nSPS) is 15.5. The van der Waals surface area contributed by atoms with E-state index < -0.39 is 0 Å². The number of benzene rings is 1. The summed E-state index contributed by atoms with van der Waals surface area (Å²) < 4.78 is 1.84. The van der Waals surface area contributed by atoms with Gasteiger partial charge in [0, 0.05) is 19.3 Å². The molecule has 1 aromatic carbocycles. The summed E-state index contributed by atoms with van der Waals surface area (Å²) in [7, 11) is 1.95. The molecule has 1 unspecified atom stereocenters. The van der Waals surface area contributed by atoms with Crippen molar-refractivity contribution in [3.05, 3.63) is 52.8 Å². The molecule has 3 heteroatoms. The molecule has 1 heterocycles. The molecule has 0 spiro atoms. The zero-order chi connectivity index (χ0) is 13.2. The summed E-state index contributed by atoms with van der Waals surface area (Å²) in [5.74, 6) is 0. The lowest BCUT2D eigenvalue weighted by molar-refractivity contribution is 0.650. The Morgan fingerprint density at radius 1 is 1.32 bits per heavy atom. The van der Waals surface area contributed by atoms with Crippen LogP contribution in [0.3, 0.4) is 0 Å². The zero-order valence-electron chi connectivity index (χ0n) is 11.5. The van der Waals surface area contributed by atoms with Gasteiger partial charge in [0.25, 0.3) is 0 Å². The largest absolute Gasteiger partial charge is 0.324 e. The van der Waals surface area contributed by atoms with E-state index in [1.165, 1.54) is 41.5 Å².